The topological polar surface area (TPSA) is 88.5 Å². The van der Waals surface area contributed by atoms with Gasteiger partial charge in [-0.15, -0.1) is 11.3 Å². The standard InChI is InChI=1S/C15H16N2O4S/c1-3-4-13-16-8-12(22-13)14(18)17-9-5-6-10(15(19)20)11(7-9)21-2/h5-8H,3-4H2,1-2H3,(H,17,18)(H,19,20). The van der Waals surface area contributed by atoms with E-state index in [0.717, 1.165) is 17.8 Å². The summed E-state index contributed by atoms with van der Waals surface area (Å²) in [5.74, 6) is -1.16. The fourth-order valence-electron chi connectivity index (χ4n) is 1.88. The number of thiazole rings is 1. The van der Waals surface area contributed by atoms with E-state index in [4.69, 9.17) is 9.84 Å². The molecule has 6 nitrogen and oxygen atoms in total. The zero-order valence-corrected chi connectivity index (χ0v) is 13.1. The molecule has 116 valence electrons. The van der Waals surface area contributed by atoms with Crippen LogP contribution in [0.3, 0.4) is 0 Å². The van der Waals surface area contributed by atoms with Crippen LogP contribution < -0.4 is 10.1 Å². The van der Waals surface area contributed by atoms with Crippen LogP contribution in [0.15, 0.2) is 24.4 Å². The molecule has 2 N–H and O–H groups in total. The van der Waals surface area contributed by atoms with E-state index in [1.807, 2.05) is 0 Å². The van der Waals surface area contributed by atoms with Crippen molar-refractivity contribution >= 4 is 28.9 Å². The molecule has 1 aromatic carbocycles. The van der Waals surface area contributed by atoms with Crippen molar-refractivity contribution in [3.8, 4) is 5.75 Å². The van der Waals surface area contributed by atoms with Crippen molar-refractivity contribution in [2.75, 3.05) is 12.4 Å². The summed E-state index contributed by atoms with van der Waals surface area (Å²) in [6.45, 7) is 2.05. The molecule has 0 saturated heterocycles. The molecule has 0 aliphatic rings. The third kappa shape index (κ3) is 3.62. The van der Waals surface area contributed by atoms with Gasteiger partial charge in [-0.25, -0.2) is 9.78 Å². The fourth-order valence-corrected chi connectivity index (χ4v) is 2.80. The number of aromatic nitrogens is 1. The van der Waals surface area contributed by atoms with Gasteiger partial charge < -0.3 is 15.2 Å². The lowest BCUT2D eigenvalue weighted by atomic mass is 10.2. The Labute approximate surface area is 131 Å². The fraction of sp³-hybridized carbons (Fsp3) is 0.267. The Kier molecular flexibility index (Phi) is 5.11. The van der Waals surface area contributed by atoms with Crippen LogP contribution >= 0.6 is 11.3 Å². The van der Waals surface area contributed by atoms with Gasteiger partial charge in [0.1, 0.15) is 16.2 Å². The highest BCUT2D eigenvalue weighted by Crippen LogP contribution is 2.24. The first-order chi connectivity index (χ1) is 10.5. The summed E-state index contributed by atoms with van der Waals surface area (Å²) in [4.78, 5) is 27.9. The summed E-state index contributed by atoms with van der Waals surface area (Å²) in [5, 5.41) is 12.7. The van der Waals surface area contributed by atoms with E-state index in [1.54, 1.807) is 6.20 Å². The van der Waals surface area contributed by atoms with Crippen LogP contribution in [0.2, 0.25) is 0 Å². The van der Waals surface area contributed by atoms with Crippen molar-refractivity contribution < 1.29 is 19.4 Å². The largest absolute Gasteiger partial charge is 0.496 e. The Bertz CT molecular complexity index is 697. The number of nitrogens with one attached hydrogen (secondary N) is 1. The maximum Gasteiger partial charge on any atom is 0.339 e. The van der Waals surface area contributed by atoms with Crippen LogP contribution in [0.4, 0.5) is 5.69 Å². The summed E-state index contributed by atoms with van der Waals surface area (Å²) >= 11 is 1.35. The molecule has 0 saturated carbocycles. The van der Waals surface area contributed by atoms with Gasteiger partial charge in [0, 0.05) is 11.8 Å². The van der Waals surface area contributed by atoms with Gasteiger partial charge in [-0.3, -0.25) is 4.79 Å². The summed E-state index contributed by atoms with van der Waals surface area (Å²) in [7, 11) is 1.38. The number of amides is 1. The van der Waals surface area contributed by atoms with Crippen molar-refractivity contribution in [3.63, 3.8) is 0 Å². The lowest BCUT2D eigenvalue weighted by molar-refractivity contribution is 0.0693. The zero-order valence-electron chi connectivity index (χ0n) is 12.3. The summed E-state index contributed by atoms with van der Waals surface area (Å²) < 4.78 is 5.03. The number of hydrogen-bond acceptors (Lipinski definition) is 5. The van der Waals surface area contributed by atoms with Crippen molar-refractivity contribution in [1.29, 1.82) is 0 Å². The molecule has 0 fully saturated rings. The Morgan fingerprint density at radius 1 is 1.41 bits per heavy atom. The maximum atomic E-state index is 12.2. The molecule has 1 amide bonds. The normalized spacial score (nSPS) is 10.3. The summed E-state index contributed by atoms with van der Waals surface area (Å²) in [5.41, 5.74) is 0.515. The molecular weight excluding hydrogens is 304 g/mol. The molecule has 0 atom stereocenters. The SMILES string of the molecule is CCCc1ncc(C(=O)Nc2ccc(C(=O)O)c(OC)c2)s1. The molecular formula is C15H16N2O4S. The van der Waals surface area contributed by atoms with Gasteiger partial charge in [0.15, 0.2) is 0 Å². The van der Waals surface area contributed by atoms with Crippen LogP contribution in [-0.2, 0) is 6.42 Å². The van der Waals surface area contributed by atoms with Crippen LogP contribution in [0, 0.1) is 0 Å². The van der Waals surface area contributed by atoms with Gasteiger partial charge in [-0.2, -0.15) is 0 Å². The molecule has 2 rings (SSSR count). The second kappa shape index (κ2) is 7.04. The molecule has 0 radical (unpaired) electrons. The molecule has 0 spiro atoms. The number of benzene rings is 1. The number of carboxylic acids is 1. The van der Waals surface area contributed by atoms with E-state index in [0.29, 0.717) is 10.6 Å². The Morgan fingerprint density at radius 2 is 2.18 bits per heavy atom. The lowest BCUT2D eigenvalue weighted by Crippen LogP contribution is -2.11. The maximum absolute atomic E-state index is 12.2. The zero-order chi connectivity index (χ0) is 16.1. The molecule has 0 unspecified atom stereocenters. The first-order valence-corrected chi connectivity index (χ1v) is 7.54. The minimum atomic E-state index is -1.08. The molecule has 0 aliphatic carbocycles. The number of hydrogen-bond donors (Lipinski definition) is 2. The molecule has 1 aromatic heterocycles. The number of methoxy groups -OCH3 is 1. The number of rotatable bonds is 6. The minimum absolute atomic E-state index is 0.0449. The molecule has 2 aromatic rings. The van der Waals surface area contributed by atoms with Gasteiger partial charge in [-0.05, 0) is 25.0 Å². The highest BCUT2D eigenvalue weighted by Gasteiger charge is 2.14. The number of carbonyl (C=O) groups is 2. The van der Waals surface area contributed by atoms with Gasteiger partial charge in [-0.1, -0.05) is 6.92 Å². The van der Waals surface area contributed by atoms with Gasteiger partial charge in [0.2, 0.25) is 0 Å². The third-order valence-electron chi connectivity index (χ3n) is 2.93. The molecule has 0 aliphatic heterocycles. The Balaban J connectivity index is 2.15. The van der Waals surface area contributed by atoms with Crippen molar-refractivity contribution in [2.24, 2.45) is 0 Å². The van der Waals surface area contributed by atoms with Crippen LogP contribution in [0.1, 0.15) is 38.4 Å². The lowest BCUT2D eigenvalue weighted by Gasteiger charge is -2.08. The average molecular weight is 320 g/mol. The number of aryl methyl sites for hydroxylation is 1. The molecule has 7 heteroatoms. The Morgan fingerprint density at radius 3 is 2.82 bits per heavy atom. The molecule has 1 heterocycles. The van der Waals surface area contributed by atoms with E-state index in [1.165, 1.54) is 36.6 Å². The van der Waals surface area contributed by atoms with Crippen molar-refractivity contribution in [2.45, 2.75) is 19.8 Å². The number of aromatic carboxylic acids is 1. The minimum Gasteiger partial charge on any atom is -0.496 e. The van der Waals surface area contributed by atoms with Crippen molar-refractivity contribution in [1.82, 2.24) is 4.98 Å². The van der Waals surface area contributed by atoms with E-state index >= 15 is 0 Å². The van der Waals surface area contributed by atoms with E-state index < -0.39 is 5.97 Å². The highest BCUT2D eigenvalue weighted by atomic mass is 32.1. The predicted molar refractivity (Wildman–Crippen MR) is 84.0 cm³/mol. The smallest absolute Gasteiger partial charge is 0.339 e. The van der Waals surface area contributed by atoms with E-state index in [9.17, 15) is 9.59 Å². The number of anilines is 1. The second-order valence-electron chi connectivity index (χ2n) is 4.54. The number of ether oxygens (including phenoxy) is 1. The van der Waals surface area contributed by atoms with Crippen LogP contribution in [0.5, 0.6) is 5.75 Å². The quantitative estimate of drug-likeness (QED) is 0.854. The van der Waals surface area contributed by atoms with Crippen molar-refractivity contribution in [3.05, 3.63) is 39.8 Å². The van der Waals surface area contributed by atoms with Crippen LogP contribution in [0.25, 0.3) is 0 Å². The average Bonchev–Trinajstić information content (AvgIpc) is 2.96. The number of carbonyl (C=O) groups excluding carboxylic acids is 1. The van der Waals surface area contributed by atoms with E-state index in [2.05, 4.69) is 17.2 Å². The summed E-state index contributed by atoms with van der Waals surface area (Å²) in [6.07, 6.45) is 3.37. The molecule has 0 bridgehead atoms. The van der Waals surface area contributed by atoms with Gasteiger partial charge in [0.05, 0.1) is 18.3 Å². The highest BCUT2D eigenvalue weighted by molar-refractivity contribution is 7.13. The Hall–Kier alpha value is -2.41. The van der Waals surface area contributed by atoms with Crippen LogP contribution in [-0.4, -0.2) is 29.1 Å². The van der Waals surface area contributed by atoms with Gasteiger partial charge in [0.25, 0.3) is 5.91 Å². The summed E-state index contributed by atoms with van der Waals surface area (Å²) in [6, 6.07) is 4.40. The number of nitrogens with zero attached hydrogens (tertiary/aromatic N) is 1. The first-order valence-electron chi connectivity index (χ1n) is 6.72. The number of carboxylic acid groups (broad SMARTS) is 1. The predicted octanol–water partition coefficient (Wildman–Crippen LogP) is 3.05. The van der Waals surface area contributed by atoms with E-state index in [-0.39, 0.29) is 17.2 Å². The monoisotopic (exact) mass is 320 g/mol. The second-order valence-corrected chi connectivity index (χ2v) is 5.66. The van der Waals surface area contributed by atoms with Gasteiger partial charge >= 0.3 is 5.97 Å². The molecule has 22 heavy (non-hydrogen) atoms. The first kappa shape index (κ1) is 16.0. The third-order valence-corrected chi connectivity index (χ3v) is 3.99.